The average Bonchev–Trinajstić information content (AvgIpc) is 2.96. The molecule has 218 valence electrons. The molecule has 0 saturated carbocycles. The molecule has 0 radical (unpaired) electrons. The Hall–Kier alpha value is -2.08. The summed E-state index contributed by atoms with van der Waals surface area (Å²) in [6.07, 6.45) is 27.8. The van der Waals surface area contributed by atoms with E-state index >= 15 is 0 Å². The second-order valence-corrected chi connectivity index (χ2v) is 12.9. The van der Waals surface area contributed by atoms with Crippen molar-refractivity contribution < 1.29 is 0 Å². The predicted octanol–water partition coefficient (Wildman–Crippen LogP) is 13.3. The van der Waals surface area contributed by atoms with E-state index in [4.69, 9.17) is 0 Å². The highest BCUT2D eigenvalue weighted by atomic mass is 14.2. The summed E-state index contributed by atoms with van der Waals surface area (Å²) >= 11 is 0. The molecule has 4 aromatic carbocycles. The molecule has 0 aliphatic rings. The SMILES string of the molecule is CCCCCCCCCCCCCCCCCCc1cc(C)c2ccc3c(CCCC)cc(C)c4ccc1c2c43. The summed E-state index contributed by atoms with van der Waals surface area (Å²) in [5, 5.41) is 8.96. The molecule has 0 aromatic heterocycles. The average molecular weight is 539 g/mol. The number of aryl methyl sites for hydroxylation is 4. The fourth-order valence-corrected chi connectivity index (χ4v) is 7.17. The first-order valence-corrected chi connectivity index (χ1v) is 17.3. The molecular formula is C40H58. The normalized spacial score (nSPS) is 12.0. The number of hydrogen-bond donors (Lipinski definition) is 0. The minimum absolute atomic E-state index is 1.19. The van der Waals surface area contributed by atoms with Crippen LogP contribution in [-0.4, -0.2) is 0 Å². The Morgan fingerprint density at radius 3 is 1.10 bits per heavy atom. The molecule has 0 heterocycles. The lowest BCUT2D eigenvalue weighted by Crippen LogP contribution is -1.97. The number of benzene rings is 4. The molecular weight excluding hydrogens is 480 g/mol. The summed E-state index contributed by atoms with van der Waals surface area (Å²) in [5.41, 5.74) is 6.00. The predicted molar refractivity (Wildman–Crippen MR) is 181 cm³/mol. The van der Waals surface area contributed by atoms with E-state index in [1.807, 2.05) is 0 Å². The van der Waals surface area contributed by atoms with Gasteiger partial charge in [0.15, 0.2) is 0 Å². The van der Waals surface area contributed by atoms with Crippen LogP contribution < -0.4 is 0 Å². The zero-order chi connectivity index (χ0) is 28.2. The van der Waals surface area contributed by atoms with Gasteiger partial charge in [0, 0.05) is 0 Å². The van der Waals surface area contributed by atoms with Crippen LogP contribution in [0.2, 0.25) is 0 Å². The molecule has 0 nitrogen and oxygen atoms in total. The summed E-state index contributed by atoms with van der Waals surface area (Å²) in [6, 6.07) is 14.6. The van der Waals surface area contributed by atoms with Gasteiger partial charge in [-0.25, -0.2) is 0 Å². The van der Waals surface area contributed by atoms with Crippen molar-refractivity contribution in [2.45, 2.75) is 156 Å². The van der Waals surface area contributed by atoms with Crippen LogP contribution in [0.25, 0.3) is 32.3 Å². The highest BCUT2D eigenvalue weighted by Gasteiger charge is 2.16. The van der Waals surface area contributed by atoms with Gasteiger partial charge in [0.05, 0.1) is 0 Å². The van der Waals surface area contributed by atoms with Gasteiger partial charge in [-0.15, -0.1) is 0 Å². The Morgan fingerprint density at radius 1 is 0.375 bits per heavy atom. The molecule has 0 aliphatic carbocycles. The lowest BCUT2D eigenvalue weighted by Gasteiger charge is -2.19. The van der Waals surface area contributed by atoms with E-state index in [1.165, 1.54) is 172 Å². The van der Waals surface area contributed by atoms with Crippen molar-refractivity contribution in [3.8, 4) is 0 Å². The van der Waals surface area contributed by atoms with E-state index in [-0.39, 0.29) is 0 Å². The second kappa shape index (κ2) is 16.4. The van der Waals surface area contributed by atoms with Crippen molar-refractivity contribution in [3.63, 3.8) is 0 Å². The largest absolute Gasteiger partial charge is 0.0654 e. The van der Waals surface area contributed by atoms with E-state index in [9.17, 15) is 0 Å². The molecule has 0 N–H and O–H groups in total. The standard InChI is InChI=1S/C40H58/c1-5-7-9-10-11-12-13-14-15-16-17-18-19-20-21-22-24-34-30-32(4)36-25-27-37-33(23-8-6-2)29-31(3)35-26-28-38(34)40(36)39(35)37/h25-30H,5-24H2,1-4H3. The Kier molecular flexibility index (Phi) is 12.6. The van der Waals surface area contributed by atoms with Crippen molar-refractivity contribution in [1.29, 1.82) is 0 Å². The van der Waals surface area contributed by atoms with Gasteiger partial charge in [-0.05, 0) is 94.1 Å². The van der Waals surface area contributed by atoms with Gasteiger partial charge in [-0.3, -0.25) is 0 Å². The van der Waals surface area contributed by atoms with Gasteiger partial charge in [0.25, 0.3) is 0 Å². The monoisotopic (exact) mass is 538 g/mol. The summed E-state index contributed by atoms with van der Waals surface area (Å²) in [4.78, 5) is 0. The first-order valence-electron chi connectivity index (χ1n) is 17.3. The zero-order valence-electron chi connectivity index (χ0n) is 26.6. The highest BCUT2D eigenvalue weighted by molar-refractivity contribution is 6.25. The summed E-state index contributed by atoms with van der Waals surface area (Å²) in [7, 11) is 0. The molecule has 4 rings (SSSR count). The second-order valence-electron chi connectivity index (χ2n) is 12.9. The summed E-state index contributed by atoms with van der Waals surface area (Å²) < 4.78 is 0. The van der Waals surface area contributed by atoms with Gasteiger partial charge in [0.1, 0.15) is 0 Å². The molecule has 0 saturated heterocycles. The third-order valence-electron chi connectivity index (χ3n) is 9.58. The van der Waals surface area contributed by atoms with E-state index < -0.39 is 0 Å². The van der Waals surface area contributed by atoms with Gasteiger partial charge in [-0.2, -0.15) is 0 Å². The Balaban J connectivity index is 1.24. The van der Waals surface area contributed by atoms with Gasteiger partial charge in [0.2, 0.25) is 0 Å². The fourth-order valence-electron chi connectivity index (χ4n) is 7.17. The third-order valence-corrected chi connectivity index (χ3v) is 9.58. The maximum atomic E-state index is 2.50. The smallest absolute Gasteiger partial charge is 0.00212 e. The minimum atomic E-state index is 1.19. The molecule has 0 aliphatic heterocycles. The van der Waals surface area contributed by atoms with Gasteiger partial charge < -0.3 is 0 Å². The molecule has 0 unspecified atom stereocenters. The van der Waals surface area contributed by atoms with E-state index in [1.54, 1.807) is 11.1 Å². The molecule has 0 bridgehead atoms. The van der Waals surface area contributed by atoms with E-state index in [0.717, 1.165) is 0 Å². The van der Waals surface area contributed by atoms with Crippen LogP contribution in [0, 0.1) is 13.8 Å². The Labute approximate surface area is 246 Å². The number of hydrogen-bond acceptors (Lipinski definition) is 0. The molecule has 4 aromatic rings. The van der Waals surface area contributed by atoms with Crippen LogP contribution in [-0.2, 0) is 12.8 Å². The quantitative estimate of drug-likeness (QED) is 0.0775. The summed E-state index contributed by atoms with van der Waals surface area (Å²) in [5.74, 6) is 0. The zero-order valence-corrected chi connectivity index (χ0v) is 26.6. The first-order chi connectivity index (χ1) is 19.7. The van der Waals surface area contributed by atoms with Gasteiger partial charge >= 0.3 is 0 Å². The van der Waals surface area contributed by atoms with Gasteiger partial charge in [-0.1, -0.05) is 153 Å². The van der Waals surface area contributed by atoms with E-state index in [2.05, 4.69) is 64.1 Å². The highest BCUT2D eigenvalue weighted by Crippen LogP contribution is 2.40. The van der Waals surface area contributed by atoms with Crippen LogP contribution in [0.4, 0.5) is 0 Å². The molecule has 0 fully saturated rings. The van der Waals surface area contributed by atoms with Crippen LogP contribution in [0.15, 0.2) is 36.4 Å². The molecule has 0 amide bonds. The van der Waals surface area contributed by atoms with Crippen molar-refractivity contribution >= 4 is 32.3 Å². The number of rotatable bonds is 20. The third kappa shape index (κ3) is 8.02. The fraction of sp³-hybridized carbons (Fsp3) is 0.600. The Bertz CT molecular complexity index is 1290. The molecule has 0 atom stereocenters. The van der Waals surface area contributed by atoms with Crippen molar-refractivity contribution in [1.82, 2.24) is 0 Å². The maximum Gasteiger partial charge on any atom is -0.00212 e. The van der Waals surface area contributed by atoms with Crippen molar-refractivity contribution in [2.24, 2.45) is 0 Å². The lowest BCUT2D eigenvalue weighted by molar-refractivity contribution is 0.529. The Morgan fingerprint density at radius 2 is 0.700 bits per heavy atom. The molecule has 0 spiro atoms. The van der Waals surface area contributed by atoms with Crippen LogP contribution >= 0.6 is 0 Å². The van der Waals surface area contributed by atoms with E-state index in [0.29, 0.717) is 0 Å². The van der Waals surface area contributed by atoms with Crippen LogP contribution in [0.1, 0.15) is 152 Å². The van der Waals surface area contributed by atoms with Crippen molar-refractivity contribution in [3.05, 3.63) is 58.7 Å². The first kappa shape index (κ1) is 30.9. The molecule has 40 heavy (non-hydrogen) atoms. The van der Waals surface area contributed by atoms with Crippen LogP contribution in [0.5, 0.6) is 0 Å². The minimum Gasteiger partial charge on any atom is -0.0654 e. The number of unbranched alkanes of at least 4 members (excludes halogenated alkanes) is 16. The van der Waals surface area contributed by atoms with Crippen molar-refractivity contribution in [2.75, 3.05) is 0 Å². The summed E-state index contributed by atoms with van der Waals surface area (Å²) in [6.45, 7) is 9.25. The topological polar surface area (TPSA) is 0 Å². The maximum absolute atomic E-state index is 2.50. The lowest BCUT2D eigenvalue weighted by atomic mass is 9.85. The van der Waals surface area contributed by atoms with Crippen LogP contribution in [0.3, 0.4) is 0 Å². The molecule has 0 heteroatoms.